The van der Waals surface area contributed by atoms with E-state index in [4.69, 9.17) is 0 Å². The lowest BCUT2D eigenvalue weighted by atomic mass is 10.0. The van der Waals surface area contributed by atoms with Crippen LogP contribution in [0.25, 0.3) is 10.2 Å². The maximum absolute atomic E-state index is 12.7. The predicted molar refractivity (Wildman–Crippen MR) is 119 cm³/mol. The maximum Gasteiger partial charge on any atom is 0.279 e. The number of nitrogens with zero attached hydrogens (tertiary/aromatic N) is 2. The molecule has 1 heterocycles. The topological polar surface area (TPSA) is 51.4 Å². The van der Waals surface area contributed by atoms with Crippen molar-refractivity contribution in [1.29, 1.82) is 0 Å². The zero-order chi connectivity index (χ0) is 20.4. The molecule has 0 atom stereocenters. The summed E-state index contributed by atoms with van der Waals surface area (Å²) in [5, 5.41) is 0. The minimum Gasteiger partial charge on any atom is -0.317 e. The highest BCUT2D eigenvalue weighted by Gasteiger charge is 2.12. The summed E-state index contributed by atoms with van der Waals surface area (Å²) in [5.41, 5.74) is 2.67. The summed E-state index contributed by atoms with van der Waals surface area (Å²) in [4.78, 5) is 30.2. The van der Waals surface area contributed by atoms with Crippen LogP contribution in [0.3, 0.4) is 0 Å². The van der Waals surface area contributed by atoms with Crippen molar-refractivity contribution in [3.63, 3.8) is 0 Å². The van der Waals surface area contributed by atoms with Crippen LogP contribution in [0.1, 0.15) is 33.2 Å². The maximum atomic E-state index is 12.7. The number of aromatic nitrogens is 1. The predicted octanol–water partition coefficient (Wildman–Crippen LogP) is 5.46. The van der Waals surface area contributed by atoms with Crippen molar-refractivity contribution in [2.75, 3.05) is 0 Å². The molecule has 4 aromatic rings. The largest absolute Gasteiger partial charge is 0.317 e. The van der Waals surface area contributed by atoms with E-state index in [1.807, 2.05) is 47.9 Å². The van der Waals surface area contributed by atoms with Crippen molar-refractivity contribution in [2.45, 2.75) is 13.5 Å². The van der Waals surface area contributed by atoms with E-state index in [0.717, 1.165) is 21.2 Å². The van der Waals surface area contributed by atoms with Gasteiger partial charge in [-0.05, 0) is 37.3 Å². The highest BCUT2D eigenvalue weighted by molar-refractivity contribution is 9.10. The second-order valence-corrected chi connectivity index (χ2v) is 8.36. The van der Waals surface area contributed by atoms with Gasteiger partial charge in [0.05, 0.1) is 10.2 Å². The Balaban J connectivity index is 1.65. The van der Waals surface area contributed by atoms with Gasteiger partial charge in [-0.15, -0.1) is 0 Å². The van der Waals surface area contributed by atoms with Crippen molar-refractivity contribution in [2.24, 2.45) is 4.99 Å². The Morgan fingerprint density at radius 3 is 2.28 bits per heavy atom. The molecular weight excluding hydrogens is 448 g/mol. The Hall–Kier alpha value is -2.83. The molecule has 29 heavy (non-hydrogen) atoms. The first kappa shape index (κ1) is 19.5. The minimum absolute atomic E-state index is 0.0690. The molecule has 3 aromatic carbocycles. The van der Waals surface area contributed by atoms with E-state index in [1.165, 1.54) is 11.3 Å². The summed E-state index contributed by atoms with van der Waals surface area (Å²) in [6.45, 7) is 2.75. The number of rotatable bonds is 4. The number of hydrogen-bond acceptors (Lipinski definition) is 3. The lowest BCUT2D eigenvalue weighted by Crippen LogP contribution is -2.15. The van der Waals surface area contributed by atoms with Crippen LogP contribution in [0.5, 0.6) is 0 Å². The minimum atomic E-state index is -0.323. The second kappa shape index (κ2) is 8.27. The Morgan fingerprint density at radius 1 is 0.931 bits per heavy atom. The number of thiazole rings is 1. The Bertz CT molecular complexity index is 1270. The lowest BCUT2D eigenvalue weighted by Gasteiger charge is -2.02. The average molecular weight is 465 g/mol. The zero-order valence-corrected chi connectivity index (χ0v) is 18.0. The average Bonchev–Trinajstić information content (AvgIpc) is 3.09. The number of benzene rings is 3. The lowest BCUT2D eigenvalue weighted by molar-refractivity contribution is 0.0994. The first-order chi connectivity index (χ1) is 14.1. The van der Waals surface area contributed by atoms with Gasteiger partial charge in [0.25, 0.3) is 5.91 Å². The summed E-state index contributed by atoms with van der Waals surface area (Å²) in [6.07, 6.45) is 0. The van der Waals surface area contributed by atoms with Gasteiger partial charge in [0.2, 0.25) is 0 Å². The number of aryl methyl sites for hydroxylation is 1. The Labute approximate surface area is 180 Å². The van der Waals surface area contributed by atoms with Gasteiger partial charge in [0, 0.05) is 27.7 Å². The Kier molecular flexibility index (Phi) is 5.56. The van der Waals surface area contributed by atoms with Crippen LogP contribution in [0.2, 0.25) is 0 Å². The summed E-state index contributed by atoms with van der Waals surface area (Å²) < 4.78 is 4.08. The second-order valence-electron chi connectivity index (χ2n) is 6.43. The third-order valence-electron chi connectivity index (χ3n) is 4.59. The van der Waals surface area contributed by atoms with Crippen molar-refractivity contribution in [3.05, 3.63) is 98.8 Å². The Morgan fingerprint density at radius 2 is 1.59 bits per heavy atom. The molecule has 0 unspecified atom stereocenters. The molecule has 4 nitrogen and oxygen atoms in total. The highest BCUT2D eigenvalue weighted by atomic mass is 79.9. The molecule has 1 amide bonds. The molecule has 6 heteroatoms. The fraction of sp³-hybridized carbons (Fsp3) is 0.0870. The third-order valence-corrected chi connectivity index (χ3v) is 6.12. The van der Waals surface area contributed by atoms with Gasteiger partial charge in [-0.2, -0.15) is 4.99 Å². The number of ketones is 1. The fourth-order valence-corrected chi connectivity index (χ4v) is 4.75. The van der Waals surface area contributed by atoms with Gasteiger partial charge < -0.3 is 4.57 Å². The zero-order valence-electron chi connectivity index (χ0n) is 15.6. The van der Waals surface area contributed by atoms with Crippen LogP contribution in [0.4, 0.5) is 0 Å². The van der Waals surface area contributed by atoms with Crippen molar-refractivity contribution < 1.29 is 9.59 Å². The quantitative estimate of drug-likeness (QED) is 0.376. The van der Waals surface area contributed by atoms with E-state index in [1.54, 1.807) is 36.4 Å². The van der Waals surface area contributed by atoms with E-state index in [2.05, 4.69) is 20.9 Å². The van der Waals surface area contributed by atoms with E-state index < -0.39 is 0 Å². The highest BCUT2D eigenvalue weighted by Crippen LogP contribution is 2.22. The fourth-order valence-electron chi connectivity index (χ4n) is 3.11. The molecule has 0 aliphatic heterocycles. The third kappa shape index (κ3) is 3.99. The van der Waals surface area contributed by atoms with Crippen LogP contribution in [-0.4, -0.2) is 16.3 Å². The van der Waals surface area contributed by atoms with E-state index in [9.17, 15) is 9.59 Å². The van der Waals surface area contributed by atoms with Gasteiger partial charge in [-0.1, -0.05) is 69.7 Å². The molecule has 0 radical (unpaired) electrons. The normalized spacial score (nSPS) is 11.7. The van der Waals surface area contributed by atoms with Crippen LogP contribution in [-0.2, 0) is 6.54 Å². The van der Waals surface area contributed by atoms with E-state index >= 15 is 0 Å². The van der Waals surface area contributed by atoms with E-state index in [0.29, 0.717) is 21.5 Å². The monoisotopic (exact) mass is 464 g/mol. The van der Waals surface area contributed by atoms with Crippen molar-refractivity contribution in [3.8, 4) is 0 Å². The molecule has 0 saturated heterocycles. The standard InChI is InChI=1S/C23H17BrN2O2S/c1-2-26-19-13-12-18(24)14-20(19)29-23(26)25-22(28)17-10-8-16(9-11-17)21(27)15-6-4-3-5-7-15/h3-14H,2H2,1H3. The SMILES string of the molecule is CCn1c(=NC(=O)c2ccc(C(=O)c3ccccc3)cc2)sc2cc(Br)ccc21. The summed E-state index contributed by atoms with van der Waals surface area (Å²) in [6, 6.07) is 21.8. The number of hydrogen-bond donors (Lipinski definition) is 0. The summed E-state index contributed by atoms with van der Waals surface area (Å²) in [7, 11) is 0. The van der Waals surface area contributed by atoms with Crippen LogP contribution < -0.4 is 4.80 Å². The molecule has 0 spiro atoms. The van der Waals surface area contributed by atoms with Crippen LogP contribution >= 0.6 is 27.3 Å². The molecule has 1 aromatic heterocycles. The number of carbonyl (C=O) groups excluding carboxylic acids is 2. The first-order valence-corrected chi connectivity index (χ1v) is 10.8. The molecular formula is C23H17BrN2O2S. The summed E-state index contributed by atoms with van der Waals surface area (Å²) >= 11 is 4.97. The molecule has 0 aliphatic rings. The molecule has 0 N–H and O–H groups in total. The molecule has 0 saturated carbocycles. The van der Waals surface area contributed by atoms with Gasteiger partial charge in [-0.25, -0.2) is 0 Å². The number of amides is 1. The van der Waals surface area contributed by atoms with E-state index in [-0.39, 0.29) is 11.7 Å². The number of carbonyl (C=O) groups is 2. The van der Waals surface area contributed by atoms with Gasteiger partial charge in [-0.3, -0.25) is 9.59 Å². The molecule has 0 fully saturated rings. The van der Waals surface area contributed by atoms with Crippen molar-refractivity contribution >= 4 is 49.2 Å². The van der Waals surface area contributed by atoms with Gasteiger partial charge >= 0.3 is 0 Å². The molecule has 0 aliphatic carbocycles. The van der Waals surface area contributed by atoms with Crippen LogP contribution in [0, 0.1) is 0 Å². The smallest absolute Gasteiger partial charge is 0.279 e. The molecule has 0 bridgehead atoms. The van der Waals surface area contributed by atoms with Crippen LogP contribution in [0.15, 0.2) is 82.3 Å². The molecule has 4 rings (SSSR count). The number of fused-ring (bicyclic) bond motifs is 1. The summed E-state index contributed by atoms with van der Waals surface area (Å²) in [5.74, 6) is -0.392. The first-order valence-electron chi connectivity index (χ1n) is 9.14. The van der Waals surface area contributed by atoms with Crippen molar-refractivity contribution in [1.82, 2.24) is 4.57 Å². The molecule has 144 valence electrons. The number of halogens is 1. The van der Waals surface area contributed by atoms with Gasteiger partial charge in [0.1, 0.15) is 0 Å². The van der Waals surface area contributed by atoms with Gasteiger partial charge in [0.15, 0.2) is 10.6 Å².